The molecule has 1 aliphatic rings. The molecule has 0 aliphatic carbocycles. The van der Waals surface area contributed by atoms with E-state index in [0.29, 0.717) is 12.3 Å². The molecule has 0 atom stereocenters. The Bertz CT molecular complexity index is 570. The lowest BCUT2D eigenvalue weighted by Gasteiger charge is -2.29. The summed E-state index contributed by atoms with van der Waals surface area (Å²) in [6.07, 6.45) is 0. The number of piperazine rings is 1. The van der Waals surface area contributed by atoms with Crippen molar-refractivity contribution in [2.24, 2.45) is 0 Å². The fourth-order valence-electron chi connectivity index (χ4n) is 2.95. The summed E-state index contributed by atoms with van der Waals surface area (Å²) in [5, 5.41) is 1.98. The quantitative estimate of drug-likeness (QED) is 0.502. The van der Waals surface area contributed by atoms with Crippen LogP contribution in [-0.2, 0) is 6.54 Å². The molecule has 3 nitrogen and oxygen atoms in total. The van der Waals surface area contributed by atoms with Crippen LogP contribution in [0.5, 0.6) is 0 Å². The number of hydrogen-bond donors (Lipinski definition) is 2. The molecular weight excluding hydrogens is 351 g/mol. The van der Waals surface area contributed by atoms with Gasteiger partial charge in [-0.3, -0.25) is 4.79 Å². The first-order valence-corrected chi connectivity index (χ1v) is 8.47. The lowest BCUT2D eigenvalue weighted by Crippen LogP contribution is -3.27. The summed E-state index contributed by atoms with van der Waals surface area (Å²) < 4.78 is 0. The molecule has 1 aromatic carbocycles. The Kier molecular flexibility index (Phi) is 8.81. The topological polar surface area (TPSA) is 26.0 Å². The second-order valence-electron chi connectivity index (χ2n) is 5.74. The third kappa shape index (κ3) is 5.90. The van der Waals surface area contributed by atoms with Gasteiger partial charge < -0.3 is 34.6 Å². The molecule has 1 aliphatic heterocycles. The van der Waals surface area contributed by atoms with Gasteiger partial charge in [0.25, 0.3) is 0 Å². The maximum Gasteiger partial charge on any atom is 0.226 e. The average Bonchev–Trinajstić information content (AvgIpc) is 3.05. The van der Waals surface area contributed by atoms with Gasteiger partial charge in [-0.25, -0.2) is 0 Å². The number of carbonyl (C=O) groups excluding carboxylic acids is 1. The molecule has 1 saturated heterocycles. The second kappa shape index (κ2) is 10.1. The van der Waals surface area contributed by atoms with Gasteiger partial charge in [-0.15, -0.1) is 11.3 Å². The van der Waals surface area contributed by atoms with Gasteiger partial charge in [-0.05, 0) is 11.4 Å². The normalized spacial score (nSPS) is 20.2. The van der Waals surface area contributed by atoms with E-state index in [2.05, 4.69) is 30.3 Å². The maximum absolute atomic E-state index is 12.1. The van der Waals surface area contributed by atoms with E-state index in [1.165, 1.54) is 10.5 Å². The van der Waals surface area contributed by atoms with Gasteiger partial charge in [0.1, 0.15) is 39.3 Å². The average molecular weight is 373 g/mol. The van der Waals surface area contributed by atoms with Gasteiger partial charge in [0.15, 0.2) is 0 Å². The minimum absolute atomic E-state index is 0. The van der Waals surface area contributed by atoms with Crippen molar-refractivity contribution in [2.45, 2.75) is 6.54 Å². The van der Waals surface area contributed by atoms with Crippen molar-refractivity contribution in [3.63, 3.8) is 0 Å². The number of carbonyl (C=O) groups is 1. The number of quaternary nitrogens is 2. The zero-order chi connectivity index (χ0) is 14.5. The fourth-order valence-corrected chi connectivity index (χ4v) is 3.61. The van der Waals surface area contributed by atoms with Crippen molar-refractivity contribution in [3.05, 3.63) is 58.3 Å². The summed E-state index contributed by atoms with van der Waals surface area (Å²) in [6, 6.07) is 14.6. The van der Waals surface area contributed by atoms with Gasteiger partial charge in [0.2, 0.25) is 5.78 Å². The standard InChI is InChI=1S/C17H20N2OS.2ClH/c20-16(17-7-4-12-21-17)14-19-10-8-18(9-11-19)13-15-5-2-1-3-6-15;;/h1-7,12H,8-11,13-14H2;2*1H. The Balaban J connectivity index is 0.00000132. The number of ketones is 1. The Morgan fingerprint density at radius 2 is 1.57 bits per heavy atom. The van der Waals surface area contributed by atoms with Crippen molar-refractivity contribution in [1.29, 1.82) is 0 Å². The minimum Gasteiger partial charge on any atom is -1.00 e. The highest BCUT2D eigenvalue weighted by atomic mass is 35.5. The van der Waals surface area contributed by atoms with Crippen LogP contribution in [0.15, 0.2) is 47.8 Å². The van der Waals surface area contributed by atoms with E-state index < -0.39 is 0 Å². The number of benzene rings is 1. The summed E-state index contributed by atoms with van der Waals surface area (Å²) >= 11 is 1.55. The predicted molar refractivity (Wildman–Crippen MR) is 85.1 cm³/mol. The first kappa shape index (κ1) is 20.1. The number of rotatable bonds is 5. The summed E-state index contributed by atoms with van der Waals surface area (Å²) in [5.74, 6) is 0.298. The molecule has 2 N–H and O–H groups in total. The van der Waals surface area contributed by atoms with E-state index in [9.17, 15) is 4.79 Å². The molecule has 1 aromatic heterocycles. The van der Waals surface area contributed by atoms with Crippen molar-refractivity contribution >= 4 is 17.1 Å². The SMILES string of the molecule is O=C(C[NH+]1CC[NH+](Cc2ccccc2)CC1)c1cccs1.[Cl-].[Cl-]. The highest BCUT2D eigenvalue weighted by molar-refractivity contribution is 7.12. The molecule has 0 amide bonds. The number of halogens is 2. The van der Waals surface area contributed by atoms with Crippen LogP contribution >= 0.6 is 11.3 Å². The van der Waals surface area contributed by atoms with Gasteiger partial charge in [-0.1, -0.05) is 36.4 Å². The summed E-state index contributed by atoms with van der Waals surface area (Å²) in [5.41, 5.74) is 1.41. The largest absolute Gasteiger partial charge is 1.00 e. The third-order valence-corrected chi connectivity index (χ3v) is 5.08. The number of Topliss-reactive ketones (excluding diaryl/α,β-unsaturated/α-hetero) is 1. The van der Waals surface area contributed by atoms with Crippen LogP contribution in [0.4, 0.5) is 0 Å². The number of nitrogens with one attached hydrogen (secondary N) is 2. The predicted octanol–water partition coefficient (Wildman–Crippen LogP) is -6.08. The van der Waals surface area contributed by atoms with E-state index in [4.69, 9.17) is 0 Å². The van der Waals surface area contributed by atoms with Crippen LogP contribution in [-0.4, -0.2) is 38.5 Å². The molecule has 1 fully saturated rings. The Hall–Kier alpha value is -0.910. The van der Waals surface area contributed by atoms with Crippen molar-refractivity contribution in [2.75, 3.05) is 32.7 Å². The van der Waals surface area contributed by atoms with Crippen molar-refractivity contribution in [3.8, 4) is 0 Å². The van der Waals surface area contributed by atoms with Crippen molar-refractivity contribution < 1.29 is 39.4 Å². The molecule has 0 radical (unpaired) electrons. The molecule has 0 saturated carbocycles. The van der Waals surface area contributed by atoms with E-state index in [-0.39, 0.29) is 24.8 Å². The Labute approximate surface area is 154 Å². The summed E-state index contributed by atoms with van der Waals surface area (Å²) in [6.45, 7) is 6.26. The highest BCUT2D eigenvalue weighted by Crippen LogP contribution is 2.07. The van der Waals surface area contributed by atoms with E-state index >= 15 is 0 Å². The Morgan fingerprint density at radius 3 is 2.17 bits per heavy atom. The number of thiophene rings is 1. The third-order valence-electron chi connectivity index (χ3n) is 4.17. The lowest BCUT2D eigenvalue weighted by atomic mass is 10.2. The first-order chi connectivity index (χ1) is 10.3. The maximum atomic E-state index is 12.1. The molecule has 0 unspecified atom stereocenters. The van der Waals surface area contributed by atoms with Crippen LogP contribution in [0, 0.1) is 0 Å². The van der Waals surface area contributed by atoms with Crippen molar-refractivity contribution in [1.82, 2.24) is 0 Å². The highest BCUT2D eigenvalue weighted by Gasteiger charge is 2.25. The van der Waals surface area contributed by atoms with Gasteiger partial charge >= 0.3 is 0 Å². The summed E-state index contributed by atoms with van der Waals surface area (Å²) in [4.78, 5) is 16.1. The second-order valence-corrected chi connectivity index (χ2v) is 6.69. The minimum atomic E-state index is 0. The summed E-state index contributed by atoms with van der Waals surface area (Å²) in [7, 11) is 0. The lowest BCUT2D eigenvalue weighted by molar-refractivity contribution is -1.01. The van der Waals surface area contributed by atoms with E-state index in [1.54, 1.807) is 16.2 Å². The van der Waals surface area contributed by atoms with Gasteiger partial charge in [0, 0.05) is 5.56 Å². The zero-order valence-electron chi connectivity index (χ0n) is 12.9. The molecule has 3 rings (SSSR count). The molecule has 126 valence electrons. The van der Waals surface area contributed by atoms with Crippen LogP contribution < -0.4 is 34.6 Å². The molecule has 23 heavy (non-hydrogen) atoms. The molecule has 2 aromatic rings. The van der Waals surface area contributed by atoms with Crippen LogP contribution in [0.1, 0.15) is 15.2 Å². The van der Waals surface area contributed by atoms with Gasteiger partial charge in [0.05, 0.1) is 4.88 Å². The molecule has 6 heteroatoms. The Morgan fingerprint density at radius 1 is 0.913 bits per heavy atom. The van der Waals surface area contributed by atoms with Gasteiger partial charge in [-0.2, -0.15) is 0 Å². The number of hydrogen-bond acceptors (Lipinski definition) is 2. The molecule has 0 bridgehead atoms. The van der Waals surface area contributed by atoms with Crippen LogP contribution in [0.2, 0.25) is 0 Å². The van der Waals surface area contributed by atoms with Crippen LogP contribution in [0.3, 0.4) is 0 Å². The molecule has 2 heterocycles. The monoisotopic (exact) mass is 372 g/mol. The van der Waals surface area contributed by atoms with E-state index in [1.807, 2.05) is 17.5 Å². The first-order valence-electron chi connectivity index (χ1n) is 7.59. The zero-order valence-corrected chi connectivity index (χ0v) is 15.3. The molecular formula is C17H22Cl2N2OS. The van der Waals surface area contributed by atoms with E-state index in [0.717, 1.165) is 37.6 Å². The fraction of sp³-hybridized carbons (Fsp3) is 0.353. The van der Waals surface area contributed by atoms with Crippen LogP contribution in [0.25, 0.3) is 0 Å². The smallest absolute Gasteiger partial charge is 0.226 e. The molecule has 0 spiro atoms.